The summed E-state index contributed by atoms with van der Waals surface area (Å²) in [6, 6.07) is 0.311. The standard InChI is InChI=1S/C12H23N3O/c1-4-6-13-9-12(16)15-8-5-7-14(3)10-11(15)2/h4,11,13H,1,5-10H2,2-3H3. The maximum absolute atomic E-state index is 12.0. The second kappa shape index (κ2) is 6.66. The fourth-order valence-electron chi connectivity index (χ4n) is 2.13. The van der Waals surface area contributed by atoms with Crippen molar-refractivity contribution in [3.8, 4) is 0 Å². The highest BCUT2D eigenvalue weighted by atomic mass is 16.2. The maximum Gasteiger partial charge on any atom is 0.236 e. The lowest BCUT2D eigenvalue weighted by Gasteiger charge is -2.28. The summed E-state index contributed by atoms with van der Waals surface area (Å²) in [4.78, 5) is 16.2. The van der Waals surface area contributed by atoms with Crippen molar-refractivity contribution >= 4 is 5.91 Å². The van der Waals surface area contributed by atoms with Crippen LogP contribution in [0, 0.1) is 0 Å². The second-order valence-corrected chi connectivity index (χ2v) is 4.47. The third-order valence-electron chi connectivity index (χ3n) is 2.93. The molecule has 0 saturated carbocycles. The van der Waals surface area contributed by atoms with Crippen LogP contribution >= 0.6 is 0 Å². The summed E-state index contributed by atoms with van der Waals surface area (Å²) in [7, 11) is 2.11. The first-order valence-corrected chi connectivity index (χ1v) is 5.94. The Morgan fingerprint density at radius 1 is 1.56 bits per heavy atom. The Bertz CT molecular complexity index is 242. The Morgan fingerprint density at radius 3 is 3.00 bits per heavy atom. The minimum Gasteiger partial charge on any atom is -0.338 e. The number of nitrogens with zero attached hydrogens (tertiary/aromatic N) is 2. The van der Waals surface area contributed by atoms with Crippen molar-refractivity contribution in [3.63, 3.8) is 0 Å². The maximum atomic E-state index is 12.0. The Hall–Kier alpha value is -0.870. The summed E-state index contributed by atoms with van der Waals surface area (Å²) in [6.45, 7) is 9.76. The largest absolute Gasteiger partial charge is 0.338 e. The average Bonchev–Trinajstić information content (AvgIpc) is 2.39. The van der Waals surface area contributed by atoms with E-state index in [-0.39, 0.29) is 5.91 Å². The third kappa shape index (κ3) is 3.94. The molecule has 1 N–H and O–H groups in total. The normalized spacial score (nSPS) is 22.9. The monoisotopic (exact) mass is 225 g/mol. The predicted molar refractivity (Wildman–Crippen MR) is 66.4 cm³/mol. The second-order valence-electron chi connectivity index (χ2n) is 4.47. The minimum absolute atomic E-state index is 0.199. The molecule has 0 bridgehead atoms. The number of likely N-dealkylation sites (N-methyl/N-ethyl adjacent to an activating group) is 1. The van der Waals surface area contributed by atoms with Crippen LogP contribution in [0.5, 0.6) is 0 Å². The van der Waals surface area contributed by atoms with Crippen LogP contribution in [0.15, 0.2) is 12.7 Å². The van der Waals surface area contributed by atoms with Gasteiger partial charge in [-0.25, -0.2) is 0 Å². The molecule has 4 heteroatoms. The molecular formula is C12H23N3O. The van der Waals surface area contributed by atoms with Gasteiger partial charge in [0.05, 0.1) is 6.54 Å². The molecule has 92 valence electrons. The highest BCUT2D eigenvalue weighted by molar-refractivity contribution is 5.78. The number of carbonyl (C=O) groups excluding carboxylic acids is 1. The first kappa shape index (κ1) is 13.2. The van der Waals surface area contributed by atoms with Gasteiger partial charge in [-0.2, -0.15) is 0 Å². The van der Waals surface area contributed by atoms with Gasteiger partial charge in [0.25, 0.3) is 0 Å². The van der Waals surface area contributed by atoms with Gasteiger partial charge in [-0.15, -0.1) is 6.58 Å². The Morgan fingerprint density at radius 2 is 2.31 bits per heavy atom. The molecule has 0 spiro atoms. The molecule has 1 atom stereocenters. The molecule has 1 fully saturated rings. The lowest BCUT2D eigenvalue weighted by molar-refractivity contribution is -0.132. The van der Waals surface area contributed by atoms with Gasteiger partial charge in [0.1, 0.15) is 0 Å². The summed E-state index contributed by atoms with van der Waals surface area (Å²) in [5, 5.41) is 3.06. The van der Waals surface area contributed by atoms with Crippen molar-refractivity contribution in [2.45, 2.75) is 19.4 Å². The average molecular weight is 225 g/mol. The van der Waals surface area contributed by atoms with E-state index in [2.05, 4.69) is 30.8 Å². The summed E-state index contributed by atoms with van der Waals surface area (Å²) in [5.41, 5.74) is 0. The van der Waals surface area contributed by atoms with Gasteiger partial charge in [0.15, 0.2) is 0 Å². The van der Waals surface area contributed by atoms with Crippen molar-refractivity contribution in [2.75, 3.05) is 39.8 Å². The van der Waals surface area contributed by atoms with Crippen LogP contribution < -0.4 is 5.32 Å². The van der Waals surface area contributed by atoms with Crippen molar-refractivity contribution < 1.29 is 4.79 Å². The molecule has 0 aromatic rings. The fraction of sp³-hybridized carbons (Fsp3) is 0.750. The highest BCUT2D eigenvalue weighted by Gasteiger charge is 2.23. The highest BCUT2D eigenvalue weighted by Crippen LogP contribution is 2.08. The van der Waals surface area contributed by atoms with Gasteiger partial charge in [0.2, 0.25) is 5.91 Å². The van der Waals surface area contributed by atoms with Gasteiger partial charge >= 0.3 is 0 Å². The van der Waals surface area contributed by atoms with E-state index in [1.54, 1.807) is 6.08 Å². The summed E-state index contributed by atoms with van der Waals surface area (Å²) in [5.74, 6) is 0.199. The van der Waals surface area contributed by atoms with Gasteiger partial charge in [-0.3, -0.25) is 4.79 Å². The van der Waals surface area contributed by atoms with Crippen LogP contribution in [0.2, 0.25) is 0 Å². The number of hydrogen-bond donors (Lipinski definition) is 1. The van der Waals surface area contributed by atoms with Crippen molar-refractivity contribution in [1.82, 2.24) is 15.1 Å². The SMILES string of the molecule is C=CCNCC(=O)N1CCCN(C)CC1C. The van der Waals surface area contributed by atoms with E-state index >= 15 is 0 Å². The zero-order chi connectivity index (χ0) is 12.0. The number of nitrogens with one attached hydrogen (secondary N) is 1. The zero-order valence-corrected chi connectivity index (χ0v) is 10.4. The molecule has 0 radical (unpaired) electrons. The molecule has 1 aliphatic rings. The van der Waals surface area contributed by atoms with E-state index in [1.165, 1.54) is 0 Å². The molecule has 1 heterocycles. The van der Waals surface area contributed by atoms with E-state index in [1.807, 2.05) is 4.90 Å². The van der Waals surface area contributed by atoms with Crippen molar-refractivity contribution in [2.24, 2.45) is 0 Å². The van der Waals surface area contributed by atoms with Crippen LogP contribution in [-0.2, 0) is 4.79 Å². The van der Waals surface area contributed by atoms with Gasteiger partial charge < -0.3 is 15.1 Å². The first-order valence-electron chi connectivity index (χ1n) is 5.94. The van der Waals surface area contributed by atoms with E-state index in [9.17, 15) is 4.79 Å². The zero-order valence-electron chi connectivity index (χ0n) is 10.4. The number of amides is 1. The molecule has 1 saturated heterocycles. The molecule has 1 aliphatic heterocycles. The van der Waals surface area contributed by atoms with Crippen LogP contribution in [0.25, 0.3) is 0 Å². The Labute approximate surface area is 98.3 Å². The number of carbonyl (C=O) groups is 1. The van der Waals surface area contributed by atoms with E-state index in [4.69, 9.17) is 0 Å². The topological polar surface area (TPSA) is 35.6 Å². The molecular weight excluding hydrogens is 202 g/mol. The lowest BCUT2D eigenvalue weighted by Crippen LogP contribution is -2.45. The predicted octanol–water partition coefficient (Wildman–Crippen LogP) is 0.315. The van der Waals surface area contributed by atoms with Gasteiger partial charge in [0, 0.05) is 25.7 Å². The molecule has 0 aliphatic carbocycles. The molecule has 0 aromatic heterocycles. The third-order valence-corrected chi connectivity index (χ3v) is 2.93. The van der Waals surface area contributed by atoms with Crippen LogP contribution in [0.1, 0.15) is 13.3 Å². The Kier molecular flexibility index (Phi) is 5.49. The summed E-state index contributed by atoms with van der Waals surface area (Å²) < 4.78 is 0. The van der Waals surface area contributed by atoms with Crippen molar-refractivity contribution in [3.05, 3.63) is 12.7 Å². The summed E-state index contributed by atoms with van der Waals surface area (Å²) >= 11 is 0. The quantitative estimate of drug-likeness (QED) is 0.553. The summed E-state index contributed by atoms with van der Waals surface area (Å²) in [6.07, 6.45) is 2.83. The van der Waals surface area contributed by atoms with Crippen molar-refractivity contribution in [1.29, 1.82) is 0 Å². The molecule has 16 heavy (non-hydrogen) atoms. The van der Waals surface area contributed by atoms with E-state index in [0.29, 0.717) is 19.1 Å². The molecule has 1 rings (SSSR count). The van der Waals surface area contributed by atoms with Gasteiger partial charge in [-0.05, 0) is 26.9 Å². The van der Waals surface area contributed by atoms with Crippen LogP contribution in [0.3, 0.4) is 0 Å². The minimum atomic E-state index is 0.199. The van der Waals surface area contributed by atoms with Crippen LogP contribution in [0.4, 0.5) is 0 Å². The first-order chi connectivity index (χ1) is 7.65. The fourth-order valence-corrected chi connectivity index (χ4v) is 2.13. The van der Waals surface area contributed by atoms with E-state index in [0.717, 1.165) is 26.1 Å². The molecule has 0 aromatic carbocycles. The Balaban J connectivity index is 2.43. The van der Waals surface area contributed by atoms with Gasteiger partial charge in [-0.1, -0.05) is 6.08 Å². The lowest BCUT2D eigenvalue weighted by atomic mass is 10.2. The molecule has 1 unspecified atom stereocenters. The number of hydrogen-bond acceptors (Lipinski definition) is 3. The molecule has 4 nitrogen and oxygen atoms in total. The smallest absolute Gasteiger partial charge is 0.236 e. The van der Waals surface area contributed by atoms with E-state index < -0.39 is 0 Å². The molecule has 1 amide bonds. The van der Waals surface area contributed by atoms with Crippen LogP contribution in [-0.4, -0.2) is 61.5 Å². The number of rotatable bonds is 4.